The maximum Gasteiger partial charge on any atom is 0.129 e. The first-order chi connectivity index (χ1) is 13.7. The van der Waals surface area contributed by atoms with Crippen LogP contribution in [0.5, 0.6) is 0 Å². The van der Waals surface area contributed by atoms with Crippen LogP contribution in [0.1, 0.15) is 36.2 Å². The summed E-state index contributed by atoms with van der Waals surface area (Å²) < 4.78 is 1.88. The average molecular weight is 381 g/mol. The summed E-state index contributed by atoms with van der Waals surface area (Å²) in [5.74, 6) is 1.64. The fraction of sp³-hybridized carbons (Fsp3) is 0.600. The van der Waals surface area contributed by atoms with E-state index in [0.717, 1.165) is 37.6 Å². The van der Waals surface area contributed by atoms with Crippen molar-refractivity contribution in [2.45, 2.75) is 43.1 Å². The summed E-state index contributed by atoms with van der Waals surface area (Å²) in [6.07, 6.45) is 6.43. The third-order valence-corrected chi connectivity index (χ3v) is 7.01. The van der Waals surface area contributed by atoms with Crippen LogP contribution in [-0.2, 0) is 7.05 Å². The maximum absolute atomic E-state index is 5.11. The number of piperazine rings is 1. The van der Waals surface area contributed by atoms with Crippen molar-refractivity contribution in [3.05, 3.63) is 41.9 Å². The van der Waals surface area contributed by atoms with E-state index in [1.165, 1.54) is 12.0 Å². The van der Waals surface area contributed by atoms with Crippen LogP contribution in [0.3, 0.4) is 0 Å². The Bertz CT molecular complexity index is 865. The van der Waals surface area contributed by atoms with Gasteiger partial charge in [0.25, 0.3) is 0 Å². The van der Waals surface area contributed by atoms with E-state index in [-0.39, 0.29) is 6.04 Å². The molecule has 2 aromatic heterocycles. The molecule has 4 saturated heterocycles. The van der Waals surface area contributed by atoms with Crippen LogP contribution in [0.15, 0.2) is 30.6 Å². The van der Waals surface area contributed by atoms with E-state index in [1.54, 1.807) is 0 Å². The Hall–Kier alpha value is -2.00. The summed E-state index contributed by atoms with van der Waals surface area (Å²) in [6.45, 7) is 3.12. The lowest BCUT2D eigenvalue weighted by molar-refractivity contribution is 0.265. The number of hydrogen-bond donors (Lipinski definition) is 4. The smallest absolute Gasteiger partial charge is 0.129 e. The molecule has 0 aliphatic carbocycles. The zero-order valence-corrected chi connectivity index (χ0v) is 16.2. The van der Waals surface area contributed by atoms with Gasteiger partial charge in [-0.3, -0.25) is 10.1 Å². The van der Waals surface area contributed by atoms with E-state index in [2.05, 4.69) is 55.9 Å². The highest BCUT2D eigenvalue weighted by molar-refractivity contribution is 5.44. The normalized spacial score (nSPS) is 36.8. The number of nitrogens with one attached hydrogen (secondary N) is 4. The fourth-order valence-corrected chi connectivity index (χ4v) is 5.55. The monoisotopic (exact) mass is 380 g/mol. The maximum atomic E-state index is 5.11. The SMILES string of the molecule is Cn1cc(C2CC3C(CN2)NNC3c2cccc(N3C[C@@H]4C[C@H]3CN4)n2)cn1. The minimum absolute atomic E-state index is 0.240. The molecule has 6 heterocycles. The van der Waals surface area contributed by atoms with Gasteiger partial charge in [-0.25, -0.2) is 10.4 Å². The molecule has 0 spiro atoms. The van der Waals surface area contributed by atoms with Crippen molar-refractivity contribution in [3.8, 4) is 0 Å². The highest BCUT2D eigenvalue weighted by atomic mass is 15.4. The van der Waals surface area contributed by atoms with Crippen LogP contribution in [0, 0.1) is 5.92 Å². The number of aryl methyl sites for hydroxylation is 1. The number of aromatic nitrogens is 3. The van der Waals surface area contributed by atoms with Gasteiger partial charge < -0.3 is 15.5 Å². The van der Waals surface area contributed by atoms with Gasteiger partial charge in [0, 0.05) is 68.5 Å². The van der Waals surface area contributed by atoms with Gasteiger partial charge in [0.1, 0.15) is 5.82 Å². The Kier molecular flexibility index (Phi) is 3.94. The fourth-order valence-electron chi connectivity index (χ4n) is 5.55. The third kappa shape index (κ3) is 2.75. The molecule has 0 aromatic carbocycles. The number of fused-ring (bicyclic) bond motifs is 3. The Balaban J connectivity index is 1.24. The van der Waals surface area contributed by atoms with Crippen LogP contribution in [-0.4, -0.2) is 52.5 Å². The van der Waals surface area contributed by atoms with Gasteiger partial charge >= 0.3 is 0 Å². The molecule has 6 rings (SSSR count). The van der Waals surface area contributed by atoms with E-state index < -0.39 is 0 Å². The highest BCUT2D eigenvalue weighted by Crippen LogP contribution is 2.38. The van der Waals surface area contributed by atoms with Crippen molar-refractivity contribution in [1.82, 2.24) is 36.2 Å². The molecule has 2 bridgehead atoms. The van der Waals surface area contributed by atoms with E-state index in [9.17, 15) is 0 Å². The molecule has 0 radical (unpaired) electrons. The van der Waals surface area contributed by atoms with Gasteiger partial charge in [0.2, 0.25) is 0 Å². The lowest BCUT2D eigenvalue weighted by Gasteiger charge is -2.34. The van der Waals surface area contributed by atoms with Crippen LogP contribution < -0.4 is 26.4 Å². The number of piperidine rings is 1. The second-order valence-electron chi connectivity index (χ2n) is 8.75. The van der Waals surface area contributed by atoms with Gasteiger partial charge in [-0.05, 0) is 25.0 Å². The molecule has 28 heavy (non-hydrogen) atoms. The first-order valence-corrected chi connectivity index (χ1v) is 10.4. The first-order valence-electron chi connectivity index (χ1n) is 10.4. The van der Waals surface area contributed by atoms with Crippen molar-refractivity contribution >= 4 is 5.82 Å². The van der Waals surface area contributed by atoms with Gasteiger partial charge in [0.15, 0.2) is 0 Å². The predicted octanol–water partition coefficient (Wildman–Crippen LogP) is 0.234. The quantitative estimate of drug-likeness (QED) is 0.607. The number of nitrogens with zero attached hydrogens (tertiary/aromatic N) is 4. The molecular weight excluding hydrogens is 352 g/mol. The van der Waals surface area contributed by atoms with Crippen molar-refractivity contribution in [3.63, 3.8) is 0 Å². The molecule has 4 unspecified atom stereocenters. The van der Waals surface area contributed by atoms with E-state index in [1.807, 2.05) is 17.9 Å². The molecule has 8 nitrogen and oxygen atoms in total. The summed E-state index contributed by atoms with van der Waals surface area (Å²) >= 11 is 0. The average Bonchev–Trinajstić information content (AvgIpc) is 3.51. The Morgan fingerprint density at radius 2 is 2.07 bits per heavy atom. The molecular formula is C20H28N8. The summed E-state index contributed by atoms with van der Waals surface area (Å²) in [5.41, 5.74) is 9.47. The number of pyridine rings is 1. The molecule has 6 atom stereocenters. The zero-order chi connectivity index (χ0) is 18.7. The van der Waals surface area contributed by atoms with Crippen LogP contribution in [0.4, 0.5) is 5.82 Å². The van der Waals surface area contributed by atoms with E-state index in [4.69, 9.17) is 4.98 Å². The number of hydrazine groups is 1. The third-order valence-electron chi connectivity index (χ3n) is 7.01. The molecule has 148 valence electrons. The van der Waals surface area contributed by atoms with Crippen LogP contribution in [0.25, 0.3) is 0 Å². The van der Waals surface area contributed by atoms with Gasteiger partial charge in [0.05, 0.1) is 17.9 Å². The predicted molar refractivity (Wildman–Crippen MR) is 107 cm³/mol. The second kappa shape index (κ2) is 6.52. The van der Waals surface area contributed by atoms with Gasteiger partial charge in [-0.1, -0.05) is 6.07 Å². The molecule has 4 aliphatic heterocycles. The molecule has 8 heteroatoms. The summed E-state index contributed by atoms with van der Waals surface area (Å²) in [5, 5.41) is 11.6. The van der Waals surface area contributed by atoms with Crippen LogP contribution in [0.2, 0.25) is 0 Å². The van der Waals surface area contributed by atoms with E-state index >= 15 is 0 Å². The second-order valence-corrected chi connectivity index (χ2v) is 8.75. The van der Waals surface area contributed by atoms with E-state index in [0.29, 0.717) is 30.1 Å². The Morgan fingerprint density at radius 3 is 2.86 bits per heavy atom. The molecule has 2 aromatic rings. The number of anilines is 1. The standard InChI is InChI=1S/C20H28N8/c1-27-10-12(7-23-27)17-6-15-18(9-22-17)25-26-20(15)16-3-2-4-19(24-16)28-11-13-5-14(28)8-21-13/h2-4,7,10,13-15,17-18,20-22,25-26H,5-6,8-9,11H2,1H3/t13-,14-,15?,17?,18?,20?/m0/s1. The van der Waals surface area contributed by atoms with Gasteiger partial charge in [-0.2, -0.15) is 5.10 Å². The van der Waals surface area contributed by atoms with Crippen molar-refractivity contribution in [1.29, 1.82) is 0 Å². The largest absolute Gasteiger partial charge is 0.351 e. The molecule has 4 N–H and O–H groups in total. The lowest BCUT2D eigenvalue weighted by atomic mass is 9.82. The topological polar surface area (TPSA) is 82.1 Å². The first kappa shape index (κ1) is 16.9. The Morgan fingerprint density at radius 1 is 1.11 bits per heavy atom. The Labute approximate surface area is 165 Å². The summed E-state index contributed by atoms with van der Waals surface area (Å²) in [7, 11) is 1.98. The van der Waals surface area contributed by atoms with Crippen molar-refractivity contribution in [2.24, 2.45) is 13.0 Å². The number of rotatable bonds is 3. The van der Waals surface area contributed by atoms with Gasteiger partial charge in [-0.15, -0.1) is 0 Å². The minimum atomic E-state index is 0.240. The molecule has 0 amide bonds. The lowest BCUT2D eigenvalue weighted by Crippen LogP contribution is -2.46. The minimum Gasteiger partial charge on any atom is -0.351 e. The molecule has 0 saturated carbocycles. The molecule has 4 aliphatic rings. The molecule has 4 fully saturated rings. The number of hydrogen-bond acceptors (Lipinski definition) is 7. The van der Waals surface area contributed by atoms with Crippen molar-refractivity contribution in [2.75, 3.05) is 24.5 Å². The van der Waals surface area contributed by atoms with Crippen molar-refractivity contribution < 1.29 is 0 Å². The summed E-state index contributed by atoms with van der Waals surface area (Å²) in [4.78, 5) is 7.60. The van der Waals surface area contributed by atoms with Crippen LogP contribution >= 0.6 is 0 Å². The summed E-state index contributed by atoms with van der Waals surface area (Å²) in [6, 6.07) is 8.78. The zero-order valence-electron chi connectivity index (χ0n) is 16.2. The highest BCUT2D eigenvalue weighted by Gasteiger charge is 2.43.